The third-order valence-electron chi connectivity index (χ3n) is 5.50. The molecule has 3 aliphatic rings. The van der Waals surface area contributed by atoms with Gasteiger partial charge < -0.3 is 0 Å². The molecule has 2 amide bonds. The van der Waals surface area contributed by atoms with Crippen LogP contribution in [0.15, 0.2) is 47.6 Å². The predicted molar refractivity (Wildman–Crippen MR) is 90.4 cm³/mol. The normalized spacial score (nSPS) is 30.3. The molecule has 1 saturated heterocycles. The van der Waals surface area contributed by atoms with Crippen molar-refractivity contribution in [2.75, 3.05) is 4.90 Å². The first kappa shape index (κ1) is 15.1. The molecule has 122 valence electrons. The average molecular weight is 321 g/mol. The third kappa shape index (κ3) is 1.83. The van der Waals surface area contributed by atoms with Crippen molar-refractivity contribution >= 4 is 23.3 Å². The van der Waals surface area contributed by atoms with Gasteiger partial charge in [0.2, 0.25) is 11.8 Å². The van der Waals surface area contributed by atoms with Gasteiger partial charge in [-0.05, 0) is 32.9 Å². The van der Waals surface area contributed by atoms with E-state index in [1.165, 1.54) is 23.0 Å². The number of ketones is 1. The van der Waals surface area contributed by atoms with Crippen LogP contribution in [0.25, 0.3) is 0 Å². The molecule has 2 bridgehead atoms. The fourth-order valence-electron chi connectivity index (χ4n) is 4.55. The highest BCUT2D eigenvalue weighted by molar-refractivity contribution is 6.23. The number of fused-ring (bicyclic) bond motifs is 5. The summed E-state index contributed by atoms with van der Waals surface area (Å²) in [6.07, 6.45) is 4.16. The van der Waals surface area contributed by atoms with Crippen LogP contribution in [0.4, 0.5) is 5.69 Å². The first-order valence-electron chi connectivity index (χ1n) is 8.26. The fourth-order valence-corrected chi connectivity index (χ4v) is 4.55. The summed E-state index contributed by atoms with van der Waals surface area (Å²) >= 11 is 0. The number of allylic oxidation sites excluding steroid dienone is 4. The standard InChI is InChI=1S/C20H19NO3/c1-10(2)16-14-7-8-15(16)18-17(14)19(23)21(20(18)24)13-6-4-5-12(9-13)11(3)22/h4-9,14-15,17-18H,1-3H3/t14-,15-,17-,18+/m0/s1. The maximum Gasteiger partial charge on any atom is 0.238 e. The number of rotatable bonds is 2. The predicted octanol–water partition coefficient (Wildman–Crippen LogP) is 3.15. The lowest BCUT2D eigenvalue weighted by Gasteiger charge is -2.19. The van der Waals surface area contributed by atoms with Crippen molar-refractivity contribution in [3.05, 3.63) is 53.1 Å². The molecule has 2 aliphatic carbocycles. The maximum atomic E-state index is 13.0. The molecule has 1 aromatic carbocycles. The number of anilines is 1. The van der Waals surface area contributed by atoms with Crippen LogP contribution in [-0.2, 0) is 9.59 Å². The van der Waals surface area contributed by atoms with Crippen molar-refractivity contribution in [3.8, 4) is 0 Å². The van der Waals surface area contributed by atoms with E-state index in [1.807, 2.05) is 13.8 Å². The quantitative estimate of drug-likeness (QED) is 0.478. The molecule has 4 atom stereocenters. The highest BCUT2D eigenvalue weighted by Crippen LogP contribution is 2.57. The minimum absolute atomic E-state index is 0.0439. The molecule has 0 spiro atoms. The van der Waals surface area contributed by atoms with Gasteiger partial charge in [0, 0.05) is 17.4 Å². The molecule has 0 unspecified atom stereocenters. The van der Waals surface area contributed by atoms with Gasteiger partial charge in [-0.3, -0.25) is 14.4 Å². The number of benzene rings is 1. The van der Waals surface area contributed by atoms with Crippen molar-refractivity contribution in [1.82, 2.24) is 0 Å². The third-order valence-corrected chi connectivity index (χ3v) is 5.50. The van der Waals surface area contributed by atoms with Crippen molar-refractivity contribution in [1.29, 1.82) is 0 Å². The Morgan fingerprint density at radius 2 is 1.54 bits per heavy atom. The number of nitrogens with zero attached hydrogens (tertiary/aromatic N) is 1. The van der Waals surface area contributed by atoms with Crippen LogP contribution in [0.5, 0.6) is 0 Å². The van der Waals surface area contributed by atoms with Gasteiger partial charge in [0.1, 0.15) is 0 Å². The fraction of sp³-hybridized carbons (Fsp3) is 0.350. The van der Waals surface area contributed by atoms with E-state index in [1.54, 1.807) is 24.3 Å². The Morgan fingerprint density at radius 3 is 2.04 bits per heavy atom. The minimum atomic E-state index is -0.293. The zero-order chi connectivity index (χ0) is 17.2. The first-order chi connectivity index (χ1) is 11.4. The van der Waals surface area contributed by atoms with Crippen LogP contribution in [0.1, 0.15) is 31.1 Å². The molecule has 4 heteroatoms. The average Bonchev–Trinajstić information content (AvgIpc) is 3.17. The van der Waals surface area contributed by atoms with E-state index in [0.29, 0.717) is 11.3 Å². The van der Waals surface area contributed by atoms with E-state index in [4.69, 9.17) is 0 Å². The minimum Gasteiger partial charge on any atom is -0.295 e. The Kier molecular flexibility index (Phi) is 3.14. The molecule has 2 fully saturated rings. The molecule has 4 nitrogen and oxygen atoms in total. The van der Waals surface area contributed by atoms with Gasteiger partial charge >= 0.3 is 0 Å². The number of Topliss-reactive ketones (excluding diaryl/α,β-unsaturated/α-hetero) is 1. The van der Waals surface area contributed by atoms with Crippen molar-refractivity contribution in [3.63, 3.8) is 0 Å². The van der Waals surface area contributed by atoms with Gasteiger partial charge in [0.15, 0.2) is 5.78 Å². The molecular weight excluding hydrogens is 302 g/mol. The highest BCUT2D eigenvalue weighted by atomic mass is 16.2. The molecule has 4 rings (SSSR count). The lowest BCUT2D eigenvalue weighted by molar-refractivity contribution is -0.122. The zero-order valence-electron chi connectivity index (χ0n) is 13.9. The molecule has 24 heavy (non-hydrogen) atoms. The first-order valence-corrected chi connectivity index (χ1v) is 8.26. The summed E-state index contributed by atoms with van der Waals surface area (Å²) in [7, 11) is 0. The van der Waals surface area contributed by atoms with Gasteiger partial charge in [0.05, 0.1) is 17.5 Å². The second-order valence-electron chi connectivity index (χ2n) is 7.06. The summed E-state index contributed by atoms with van der Waals surface area (Å²) < 4.78 is 0. The highest BCUT2D eigenvalue weighted by Gasteiger charge is 2.61. The molecule has 1 saturated carbocycles. The van der Waals surface area contributed by atoms with E-state index in [-0.39, 0.29) is 41.3 Å². The van der Waals surface area contributed by atoms with Gasteiger partial charge in [-0.25, -0.2) is 4.90 Å². The molecule has 1 aromatic rings. The second kappa shape index (κ2) is 5.00. The van der Waals surface area contributed by atoms with Gasteiger partial charge in [-0.2, -0.15) is 0 Å². The number of hydrogen-bond acceptors (Lipinski definition) is 3. The summed E-state index contributed by atoms with van der Waals surface area (Å²) in [6.45, 7) is 5.57. The number of carbonyl (C=O) groups is 3. The van der Waals surface area contributed by atoms with Gasteiger partial charge in [0.25, 0.3) is 0 Å². The molecule has 0 aromatic heterocycles. The van der Waals surface area contributed by atoms with Crippen LogP contribution in [0.3, 0.4) is 0 Å². The van der Waals surface area contributed by atoms with Crippen LogP contribution in [0, 0.1) is 23.7 Å². The zero-order valence-corrected chi connectivity index (χ0v) is 13.9. The van der Waals surface area contributed by atoms with E-state index in [0.717, 1.165) is 0 Å². The summed E-state index contributed by atoms with van der Waals surface area (Å²) in [5.74, 6) is -0.853. The SMILES string of the molecule is CC(=O)c1cccc(N2C(=O)[C@@H]3[C@H](C2=O)[C@H]2C=C[C@H]3C2=C(C)C)c1. The number of imide groups is 1. The Bertz CT molecular complexity index is 810. The molecule has 1 heterocycles. The number of hydrogen-bond donors (Lipinski definition) is 0. The topological polar surface area (TPSA) is 54.5 Å². The molecule has 0 radical (unpaired) electrons. The summed E-state index contributed by atoms with van der Waals surface area (Å²) in [6, 6.07) is 6.77. The lowest BCUT2D eigenvalue weighted by atomic mass is 9.85. The van der Waals surface area contributed by atoms with Crippen LogP contribution < -0.4 is 4.90 Å². The smallest absolute Gasteiger partial charge is 0.238 e. The largest absolute Gasteiger partial charge is 0.295 e. The van der Waals surface area contributed by atoms with Crippen molar-refractivity contribution in [2.45, 2.75) is 20.8 Å². The lowest BCUT2D eigenvalue weighted by Crippen LogP contribution is -2.33. The molecule has 1 aliphatic heterocycles. The Balaban J connectivity index is 1.76. The van der Waals surface area contributed by atoms with E-state index >= 15 is 0 Å². The Morgan fingerprint density at radius 1 is 0.958 bits per heavy atom. The Labute approximate surface area is 140 Å². The van der Waals surface area contributed by atoms with E-state index < -0.39 is 0 Å². The maximum absolute atomic E-state index is 13.0. The van der Waals surface area contributed by atoms with Crippen LogP contribution >= 0.6 is 0 Å². The summed E-state index contributed by atoms with van der Waals surface area (Å²) in [5.41, 5.74) is 3.46. The van der Waals surface area contributed by atoms with Gasteiger partial charge in [-0.1, -0.05) is 35.4 Å². The monoisotopic (exact) mass is 321 g/mol. The number of amides is 2. The molecule has 0 N–H and O–H groups in total. The second-order valence-corrected chi connectivity index (χ2v) is 7.06. The van der Waals surface area contributed by atoms with Crippen molar-refractivity contribution < 1.29 is 14.4 Å². The molecular formula is C20H19NO3. The van der Waals surface area contributed by atoms with Gasteiger partial charge in [-0.15, -0.1) is 0 Å². The Hall–Kier alpha value is -2.49. The van der Waals surface area contributed by atoms with E-state index in [2.05, 4.69) is 12.2 Å². The summed E-state index contributed by atoms with van der Waals surface area (Å²) in [5, 5.41) is 0. The van der Waals surface area contributed by atoms with Crippen molar-refractivity contribution in [2.24, 2.45) is 23.7 Å². The van der Waals surface area contributed by atoms with E-state index in [9.17, 15) is 14.4 Å². The van der Waals surface area contributed by atoms with Crippen LogP contribution in [-0.4, -0.2) is 17.6 Å². The summed E-state index contributed by atoms with van der Waals surface area (Å²) in [4.78, 5) is 38.9. The van der Waals surface area contributed by atoms with Crippen LogP contribution in [0.2, 0.25) is 0 Å². The number of carbonyl (C=O) groups excluding carboxylic acids is 3.